The van der Waals surface area contributed by atoms with Crippen molar-refractivity contribution in [1.82, 2.24) is 5.32 Å². The Hall–Kier alpha value is -1.03. The van der Waals surface area contributed by atoms with Gasteiger partial charge in [0.25, 0.3) is 5.91 Å². The van der Waals surface area contributed by atoms with Crippen LogP contribution in [-0.4, -0.2) is 18.6 Å². The van der Waals surface area contributed by atoms with Crippen molar-refractivity contribution in [2.75, 3.05) is 7.11 Å². The molecule has 0 aliphatic carbocycles. The van der Waals surface area contributed by atoms with Gasteiger partial charge in [0.15, 0.2) is 0 Å². The van der Waals surface area contributed by atoms with Gasteiger partial charge in [-0.15, -0.1) is 0 Å². The Balaban J connectivity index is 2.91. The van der Waals surface area contributed by atoms with E-state index in [4.69, 9.17) is 4.74 Å². The molecule has 0 radical (unpaired) electrons. The fourth-order valence-electron chi connectivity index (χ4n) is 2.60. The number of rotatable bonds is 4. The highest BCUT2D eigenvalue weighted by molar-refractivity contribution is 9.10. The molecule has 3 nitrogen and oxygen atoms in total. The maximum Gasteiger partial charge on any atom is 0.255 e. The smallest absolute Gasteiger partial charge is 0.255 e. The van der Waals surface area contributed by atoms with Crippen molar-refractivity contribution in [1.29, 1.82) is 0 Å². The summed E-state index contributed by atoms with van der Waals surface area (Å²) in [4.78, 5) is 12.4. The van der Waals surface area contributed by atoms with Gasteiger partial charge >= 0.3 is 0 Å². The third-order valence-electron chi connectivity index (χ3n) is 2.83. The topological polar surface area (TPSA) is 38.3 Å². The lowest BCUT2D eigenvalue weighted by Crippen LogP contribution is -2.45. The number of nitrogens with one attached hydrogen (secondary N) is 1. The Labute approximate surface area is 130 Å². The zero-order valence-electron chi connectivity index (χ0n) is 13.1. The molecule has 0 bridgehead atoms. The molecule has 0 saturated carbocycles. The van der Waals surface area contributed by atoms with E-state index in [9.17, 15) is 4.79 Å². The van der Waals surface area contributed by atoms with E-state index in [1.165, 1.54) is 0 Å². The second-order valence-electron chi connectivity index (χ2n) is 6.92. The van der Waals surface area contributed by atoms with Crippen LogP contribution in [0.4, 0.5) is 0 Å². The van der Waals surface area contributed by atoms with Gasteiger partial charge in [0, 0.05) is 10.0 Å². The SMILES string of the molecule is COc1cc(Br)ccc1C(=O)NC(C)(C)CC(C)(C)C. The van der Waals surface area contributed by atoms with Crippen LogP contribution in [-0.2, 0) is 0 Å². The van der Waals surface area contributed by atoms with Crippen LogP contribution in [0.25, 0.3) is 0 Å². The number of halogens is 1. The normalized spacial score (nSPS) is 12.2. The Bertz CT molecular complexity index is 490. The van der Waals surface area contributed by atoms with Crippen LogP contribution in [0.2, 0.25) is 0 Å². The number of carbonyl (C=O) groups is 1. The number of benzene rings is 1. The van der Waals surface area contributed by atoms with Gasteiger partial charge < -0.3 is 10.1 Å². The van der Waals surface area contributed by atoms with Gasteiger partial charge in [-0.3, -0.25) is 4.79 Å². The highest BCUT2D eigenvalue weighted by Crippen LogP contribution is 2.28. The molecule has 0 spiro atoms. The molecular weight excluding hydrogens is 318 g/mol. The summed E-state index contributed by atoms with van der Waals surface area (Å²) in [5, 5.41) is 3.09. The van der Waals surface area contributed by atoms with Crippen molar-refractivity contribution in [3.05, 3.63) is 28.2 Å². The summed E-state index contributed by atoms with van der Waals surface area (Å²) >= 11 is 3.38. The first kappa shape index (κ1) is 17.0. The van der Waals surface area contributed by atoms with E-state index in [0.717, 1.165) is 10.9 Å². The van der Waals surface area contributed by atoms with Crippen LogP contribution >= 0.6 is 15.9 Å². The summed E-state index contributed by atoms with van der Waals surface area (Å²) in [6, 6.07) is 5.41. The van der Waals surface area contributed by atoms with Gasteiger partial charge in [-0.25, -0.2) is 0 Å². The van der Waals surface area contributed by atoms with E-state index in [-0.39, 0.29) is 16.9 Å². The maximum atomic E-state index is 12.4. The fourth-order valence-corrected chi connectivity index (χ4v) is 2.94. The summed E-state index contributed by atoms with van der Waals surface area (Å²) in [5.41, 5.74) is 0.436. The van der Waals surface area contributed by atoms with E-state index in [0.29, 0.717) is 11.3 Å². The molecule has 4 heteroatoms. The molecule has 1 N–H and O–H groups in total. The molecule has 0 heterocycles. The van der Waals surface area contributed by atoms with Crippen LogP contribution in [0.3, 0.4) is 0 Å². The van der Waals surface area contributed by atoms with Crippen molar-refractivity contribution >= 4 is 21.8 Å². The average Bonchev–Trinajstić information content (AvgIpc) is 2.24. The zero-order chi connectivity index (χ0) is 15.6. The highest BCUT2D eigenvalue weighted by Gasteiger charge is 2.28. The second-order valence-corrected chi connectivity index (χ2v) is 7.84. The van der Waals surface area contributed by atoms with Crippen molar-refractivity contribution in [2.24, 2.45) is 5.41 Å². The number of ether oxygens (including phenoxy) is 1. The summed E-state index contributed by atoms with van der Waals surface area (Å²) in [6.07, 6.45) is 0.893. The molecule has 0 fully saturated rings. The Kier molecular flexibility index (Phi) is 5.25. The monoisotopic (exact) mass is 341 g/mol. The maximum absolute atomic E-state index is 12.4. The summed E-state index contributed by atoms with van der Waals surface area (Å²) in [7, 11) is 1.57. The fraction of sp³-hybridized carbons (Fsp3) is 0.562. The summed E-state index contributed by atoms with van der Waals surface area (Å²) < 4.78 is 6.16. The number of hydrogen-bond acceptors (Lipinski definition) is 2. The molecule has 0 saturated heterocycles. The predicted molar refractivity (Wildman–Crippen MR) is 86.3 cm³/mol. The summed E-state index contributed by atoms with van der Waals surface area (Å²) in [5.74, 6) is 0.465. The Morgan fingerprint density at radius 2 is 1.85 bits per heavy atom. The van der Waals surface area contributed by atoms with Crippen LogP contribution in [0.5, 0.6) is 5.75 Å². The molecule has 1 aromatic rings. The molecule has 1 amide bonds. The number of methoxy groups -OCH3 is 1. The zero-order valence-corrected chi connectivity index (χ0v) is 14.7. The first-order valence-corrected chi connectivity index (χ1v) is 7.49. The van der Waals surface area contributed by atoms with Gasteiger partial charge in [0.2, 0.25) is 0 Å². The largest absolute Gasteiger partial charge is 0.496 e. The average molecular weight is 342 g/mol. The van der Waals surface area contributed by atoms with Crippen LogP contribution in [0, 0.1) is 5.41 Å². The van der Waals surface area contributed by atoms with Crippen molar-refractivity contribution in [2.45, 2.75) is 46.6 Å². The molecule has 0 aliphatic rings. The first-order valence-electron chi connectivity index (χ1n) is 6.70. The molecule has 20 heavy (non-hydrogen) atoms. The number of hydrogen-bond donors (Lipinski definition) is 1. The van der Waals surface area contributed by atoms with Crippen LogP contribution in [0.1, 0.15) is 51.4 Å². The van der Waals surface area contributed by atoms with Gasteiger partial charge in [0.05, 0.1) is 12.7 Å². The molecule has 112 valence electrons. The number of carbonyl (C=O) groups excluding carboxylic acids is 1. The lowest BCUT2D eigenvalue weighted by molar-refractivity contribution is 0.0888. The molecule has 1 rings (SSSR count). The molecule has 0 aliphatic heterocycles. The Morgan fingerprint density at radius 3 is 2.35 bits per heavy atom. The van der Waals surface area contributed by atoms with E-state index in [1.807, 2.05) is 19.9 Å². The van der Waals surface area contributed by atoms with Crippen LogP contribution in [0.15, 0.2) is 22.7 Å². The molecular formula is C16H24BrNO2. The van der Waals surface area contributed by atoms with E-state index in [1.54, 1.807) is 19.2 Å². The lowest BCUT2D eigenvalue weighted by Gasteiger charge is -2.33. The third kappa shape index (κ3) is 5.16. The predicted octanol–water partition coefficient (Wildman–Crippen LogP) is 4.40. The molecule has 0 unspecified atom stereocenters. The highest BCUT2D eigenvalue weighted by atomic mass is 79.9. The minimum absolute atomic E-state index is 0.108. The van der Waals surface area contributed by atoms with Crippen molar-refractivity contribution in [3.8, 4) is 5.75 Å². The van der Waals surface area contributed by atoms with Crippen molar-refractivity contribution in [3.63, 3.8) is 0 Å². The summed E-state index contributed by atoms with van der Waals surface area (Å²) in [6.45, 7) is 10.6. The van der Waals surface area contributed by atoms with Gasteiger partial charge in [-0.05, 0) is 43.9 Å². The van der Waals surface area contributed by atoms with Crippen molar-refractivity contribution < 1.29 is 9.53 Å². The minimum atomic E-state index is -0.270. The van der Waals surface area contributed by atoms with E-state index >= 15 is 0 Å². The van der Waals surface area contributed by atoms with E-state index in [2.05, 4.69) is 42.0 Å². The lowest BCUT2D eigenvalue weighted by atomic mass is 9.81. The van der Waals surface area contributed by atoms with E-state index < -0.39 is 0 Å². The van der Waals surface area contributed by atoms with Gasteiger partial charge in [-0.1, -0.05) is 36.7 Å². The third-order valence-corrected chi connectivity index (χ3v) is 3.33. The quantitative estimate of drug-likeness (QED) is 0.881. The standard InChI is InChI=1S/C16H24BrNO2/c1-15(2,3)10-16(4,5)18-14(19)12-8-7-11(17)9-13(12)20-6/h7-9H,10H2,1-6H3,(H,18,19). The van der Waals surface area contributed by atoms with Gasteiger partial charge in [-0.2, -0.15) is 0 Å². The number of amides is 1. The second kappa shape index (κ2) is 6.17. The molecule has 1 aromatic carbocycles. The minimum Gasteiger partial charge on any atom is -0.496 e. The Morgan fingerprint density at radius 1 is 1.25 bits per heavy atom. The molecule has 0 aromatic heterocycles. The van der Waals surface area contributed by atoms with Crippen LogP contribution < -0.4 is 10.1 Å². The van der Waals surface area contributed by atoms with Gasteiger partial charge in [0.1, 0.15) is 5.75 Å². The molecule has 0 atom stereocenters. The first-order chi connectivity index (χ1) is 9.04.